The number of alkyl halides is 3. The van der Waals surface area contributed by atoms with Crippen molar-refractivity contribution in [1.82, 2.24) is 0 Å². The van der Waals surface area contributed by atoms with Gasteiger partial charge in [-0.3, -0.25) is 5.73 Å². The van der Waals surface area contributed by atoms with Crippen molar-refractivity contribution in [2.24, 2.45) is 5.73 Å². The first-order valence-electron chi connectivity index (χ1n) is 7.27. The molecule has 1 aromatic heterocycles. The topological polar surface area (TPSA) is 110 Å². The zero-order valence-electron chi connectivity index (χ0n) is 13.6. The number of thiophene rings is 1. The molecule has 1 unspecified atom stereocenters. The van der Waals surface area contributed by atoms with Crippen molar-refractivity contribution >= 4 is 34.9 Å². The zero-order chi connectivity index (χ0) is 20.6. The van der Waals surface area contributed by atoms with E-state index in [1.807, 2.05) is 16.8 Å². The molecule has 1 atom stereocenters. The van der Waals surface area contributed by atoms with Crippen LogP contribution in [0.4, 0.5) is 13.2 Å². The normalized spacial score (nSPS) is 11.9. The summed E-state index contributed by atoms with van der Waals surface area (Å²) in [5.74, 6) is -3.49. The summed E-state index contributed by atoms with van der Waals surface area (Å²) in [6, 6.07) is 4.94. The number of carboxylic acids is 2. The van der Waals surface area contributed by atoms with E-state index in [-0.39, 0.29) is 10.8 Å². The first-order chi connectivity index (χ1) is 12.5. The van der Waals surface area contributed by atoms with Gasteiger partial charge >= 0.3 is 18.1 Å². The molecule has 2 rings (SSSR count). The molecule has 148 valence electrons. The molecular weight excluding hydrogens is 411 g/mol. The molecule has 0 aliphatic heterocycles. The maximum Gasteiger partial charge on any atom is 0.416 e. The fourth-order valence-corrected chi connectivity index (χ4v) is 2.67. The van der Waals surface area contributed by atoms with Crippen LogP contribution in [0, 0.1) is 0 Å². The van der Waals surface area contributed by atoms with E-state index < -0.39 is 29.9 Å². The van der Waals surface area contributed by atoms with E-state index in [0.717, 1.165) is 24.1 Å². The summed E-state index contributed by atoms with van der Waals surface area (Å²) in [7, 11) is 0. The highest BCUT2D eigenvalue weighted by Gasteiger charge is 2.31. The number of hydrogen-bond donors (Lipinski definition) is 3. The van der Waals surface area contributed by atoms with E-state index in [9.17, 15) is 13.2 Å². The lowest BCUT2D eigenvalue weighted by Crippen LogP contribution is -2.27. The van der Waals surface area contributed by atoms with Gasteiger partial charge in [0.1, 0.15) is 12.0 Å². The number of carbonyl (C=O) groups is 2. The second-order valence-electron chi connectivity index (χ2n) is 5.08. The van der Waals surface area contributed by atoms with Crippen LogP contribution < -0.4 is 10.5 Å². The number of halogens is 4. The van der Waals surface area contributed by atoms with Gasteiger partial charge in [0.2, 0.25) is 0 Å². The van der Waals surface area contributed by atoms with Gasteiger partial charge in [0, 0.05) is 6.42 Å². The molecule has 0 fully saturated rings. The molecule has 0 bridgehead atoms. The van der Waals surface area contributed by atoms with Gasteiger partial charge in [-0.2, -0.15) is 24.5 Å². The van der Waals surface area contributed by atoms with Crippen LogP contribution in [0.2, 0.25) is 5.02 Å². The third kappa shape index (κ3) is 8.29. The van der Waals surface area contributed by atoms with Crippen LogP contribution in [0.15, 0.2) is 35.0 Å². The van der Waals surface area contributed by atoms with E-state index in [1.54, 1.807) is 11.3 Å². The third-order valence-corrected chi connectivity index (χ3v) is 4.05. The number of hydrogen-bond acceptors (Lipinski definition) is 5. The Labute approximate surface area is 160 Å². The van der Waals surface area contributed by atoms with Crippen LogP contribution in [0.5, 0.6) is 5.75 Å². The van der Waals surface area contributed by atoms with Crippen LogP contribution >= 0.6 is 22.9 Å². The van der Waals surface area contributed by atoms with Gasteiger partial charge in [-0.1, -0.05) is 11.6 Å². The molecule has 4 N–H and O–H groups in total. The SMILES string of the molecule is NC(CCc1ccsc1)Oc1ccc(C(F)(F)F)cc1Cl.O=C(O)C(=O)O. The maximum atomic E-state index is 12.5. The average molecular weight is 426 g/mol. The van der Waals surface area contributed by atoms with Gasteiger partial charge in [0.15, 0.2) is 0 Å². The predicted molar refractivity (Wildman–Crippen MR) is 93.0 cm³/mol. The van der Waals surface area contributed by atoms with Crippen LogP contribution in [0.1, 0.15) is 17.5 Å². The third-order valence-electron chi connectivity index (χ3n) is 3.02. The number of ether oxygens (including phenoxy) is 1. The van der Waals surface area contributed by atoms with E-state index in [0.29, 0.717) is 6.42 Å². The summed E-state index contributed by atoms with van der Waals surface area (Å²) in [5.41, 5.74) is 6.15. The Morgan fingerprint density at radius 3 is 2.30 bits per heavy atom. The molecule has 1 heterocycles. The minimum atomic E-state index is -4.43. The van der Waals surface area contributed by atoms with Gasteiger partial charge in [0.05, 0.1) is 10.6 Å². The van der Waals surface area contributed by atoms with E-state index in [1.165, 1.54) is 6.07 Å². The standard InChI is InChI=1S/C14H13ClF3NOS.C2H2O4/c15-11-7-10(14(16,17)18)2-3-12(11)20-13(19)4-1-9-5-6-21-8-9;3-1(4)2(5)6/h2-3,5-8,13H,1,4,19H2;(H,3,4)(H,5,6). The summed E-state index contributed by atoms with van der Waals surface area (Å²) < 4.78 is 42.9. The minimum Gasteiger partial charge on any atom is -0.474 e. The quantitative estimate of drug-likeness (QED) is 0.495. The van der Waals surface area contributed by atoms with Crippen molar-refractivity contribution in [3.63, 3.8) is 0 Å². The van der Waals surface area contributed by atoms with Crippen LogP contribution in [0.25, 0.3) is 0 Å². The highest BCUT2D eigenvalue weighted by Crippen LogP contribution is 2.34. The molecule has 0 saturated heterocycles. The van der Waals surface area contributed by atoms with Crippen molar-refractivity contribution in [3.8, 4) is 5.75 Å². The lowest BCUT2D eigenvalue weighted by molar-refractivity contribution is -0.159. The fourth-order valence-electron chi connectivity index (χ4n) is 1.74. The fraction of sp³-hybridized carbons (Fsp3) is 0.250. The largest absolute Gasteiger partial charge is 0.474 e. The summed E-state index contributed by atoms with van der Waals surface area (Å²) in [5, 5.41) is 18.7. The molecule has 2 aromatic rings. The summed E-state index contributed by atoms with van der Waals surface area (Å²) in [6.45, 7) is 0. The first kappa shape index (κ1) is 22.7. The van der Waals surface area contributed by atoms with Crippen LogP contribution in [0.3, 0.4) is 0 Å². The Hall–Kier alpha value is -2.30. The molecule has 6 nitrogen and oxygen atoms in total. The number of rotatable bonds is 5. The highest BCUT2D eigenvalue weighted by molar-refractivity contribution is 7.07. The Balaban J connectivity index is 0.000000527. The molecule has 0 spiro atoms. The number of aliphatic carboxylic acids is 2. The van der Waals surface area contributed by atoms with Gasteiger partial charge in [0.25, 0.3) is 0 Å². The highest BCUT2D eigenvalue weighted by atomic mass is 35.5. The summed E-state index contributed by atoms with van der Waals surface area (Å²) in [4.78, 5) is 18.2. The molecule has 0 aliphatic rings. The second-order valence-corrected chi connectivity index (χ2v) is 6.27. The number of benzene rings is 1. The maximum absolute atomic E-state index is 12.5. The van der Waals surface area contributed by atoms with E-state index in [4.69, 9.17) is 41.9 Å². The van der Waals surface area contributed by atoms with E-state index in [2.05, 4.69) is 0 Å². The summed E-state index contributed by atoms with van der Waals surface area (Å²) >= 11 is 7.39. The zero-order valence-corrected chi connectivity index (χ0v) is 15.1. The number of aryl methyl sites for hydroxylation is 1. The number of nitrogens with two attached hydrogens (primary N) is 1. The van der Waals surface area contributed by atoms with Gasteiger partial charge < -0.3 is 14.9 Å². The lowest BCUT2D eigenvalue weighted by Gasteiger charge is -2.16. The van der Waals surface area contributed by atoms with Crippen molar-refractivity contribution in [1.29, 1.82) is 0 Å². The van der Waals surface area contributed by atoms with Crippen molar-refractivity contribution in [3.05, 3.63) is 51.2 Å². The Morgan fingerprint density at radius 1 is 1.22 bits per heavy atom. The van der Waals surface area contributed by atoms with Crippen LogP contribution in [-0.2, 0) is 22.2 Å². The van der Waals surface area contributed by atoms with E-state index >= 15 is 0 Å². The van der Waals surface area contributed by atoms with Gasteiger partial charge in [-0.25, -0.2) is 9.59 Å². The second kappa shape index (κ2) is 10.1. The minimum absolute atomic E-state index is 0.101. The Kier molecular flexibility index (Phi) is 8.54. The van der Waals surface area contributed by atoms with Crippen LogP contribution in [-0.4, -0.2) is 28.4 Å². The molecule has 1 aromatic carbocycles. The smallest absolute Gasteiger partial charge is 0.416 e. The van der Waals surface area contributed by atoms with Crippen molar-refractivity contribution in [2.75, 3.05) is 0 Å². The van der Waals surface area contributed by atoms with Crippen molar-refractivity contribution in [2.45, 2.75) is 25.2 Å². The number of carboxylic acid groups (broad SMARTS) is 2. The molecule has 0 radical (unpaired) electrons. The molecule has 27 heavy (non-hydrogen) atoms. The molecule has 0 amide bonds. The molecule has 0 saturated carbocycles. The predicted octanol–water partition coefficient (Wildman–Crippen LogP) is 3.87. The molecule has 0 aliphatic carbocycles. The molecule has 11 heteroatoms. The Morgan fingerprint density at radius 2 is 1.85 bits per heavy atom. The average Bonchev–Trinajstić information content (AvgIpc) is 3.08. The first-order valence-corrected chi connectivity index (χ1v) is 8.59. The lowest BCUT2D eigenvalue weighted by atomic mass is 10.2. The monoisotopic (exact) mass is 425 g/mol. The summed E-state index contributed by atoms with van der Waals surface area (Å²) in [6.07, 6.45) is -3.76. The van der Waals surface area contributed by atoms with Gasteiger partial charge in [-0.15, -0.1) is 0 Å². The van der Waals surface area contributed by atoms with Gasteiger partial charge in [-0.05, 0) is 47.0 Å². The molecular formula is C16H15ClF3NO5S. The Bertz CT molecular complexity index is 756. The van der Waals surface area contributed by atoms with Crippen molar-refractivity contribution < 1.29 is 37.7 Å².